The van der Waals surface area contributed by atoms with Crippen LogP contribution in [-0.2, 0) is 18.7 Å². The lowest BCUT2D eigenvalue weighted by molar-refractivity contribution is -0.307. The highest BCUT2D eigenvalue weighted by molar-refractivity contribution is 7.40. The molecule has 0 saturated heterocycles. The zero-order valence-corrected chi connectivity index (χ0v) is 17.8. The summed E-state index contributed by atoms with van der Waals surface area (Å²) in [6.45, 7) is -15.0. The Morgan fingerprint density at radius 1 is 0.389 bits per heavy atom. The summed E-state index contributed by atoms with van der Waals surface area (Å²) < 4.78 is 228. The van der Waals surface area contributed by atoms with Crippen molar-refractivity contribution in [3.63, 3.8) is 0 Å². The molecule has 0 atom stereocenters. The Hall–Kier alpha value is -0.920. The van der Waals surface area contributed by atoms with E-state index in [1.165, 1.54) is 0 Å². The van der Waals surface area contributed by atoms with E-state index in [0.717, 1.165) is 0 Å². The van der Waals surface area contributed by atoms with Crippen LogP contribution in [0.5, 0.6) is 0 Å². The Bertz CT molecular complexity index is 582. The molecule has 0 aliphatic carbocycles. The van der Waals surface area contributed by atoms with E-state index in [4.69, 9.17) is 0 Å². The van der Waals surface area contributed by atoms with Crippen molar-refractivity contribution in [2.45, 2.75) is 36.3 Å². The predicted octanol–water partition coefficient (Wildman–Crippen LogP) is 6.80. The van der Waals surface area contributed by atoms with E-state index in [0.29, 0.717) is 0 Å². The fraction of sp³-hybridized carbons (Fsp3) is 1.00. The molecule has 0 saturated carbocycles. The van der Waals surface area contributed by atoms with Crippen molar-refractivity contribution < 1.29 is 93.0 Å². The van der Waals surface area contributed by atoms with E-state index in [2.05, 4.69) is 18.7 Å². The molecule has 0 aromatic heterocycles. The SMILES string of the molecule is FP(F)OCC(COCC(F)(F)C(F)(F)F)(COCC(F)(F)C(F)(F)F)COCC(F)(F)C(F)(F)F. The molecule has 0 fully saturated rings. The third-order valence-corrected chi connectivity index (χ3v) is 4.11. The average molecular weight is 600 g/mol. The van der Waals surface area contributed by atoms with Gasteiger partial charge in [-0.15, -0.1) is 0 Å². The van der Waals surface area contributed by atoms with Gasteiger partial charge in [-0.25, -0.2) is 0 Å². The van der Waals surface area contributed by atoms with Crippen molar-refractivity contribution in [2.24, 2.45) is 5.41 Å². The maximum absolute atomic E-state index is 13.0. The summed E-state index contributed by atoms with van der Waals surface area (Å²) in [6.07, 6.45) is -18.8. The summed E-state index contributed by atoms with van der Waals surface area (Å²) in [6, 6.07) is 0. The summed E-state index contributed by atoms with van der Waals surface area (Å²) in [4.78, 5) is 0. The number of rotatable bonds is 15. The van der Waals surface area contributed by atoms with Crippen LogP contribution in [0.4, 0.5) is 74.3 Å². The number of hydrogen-bond donors (Lipinski definition) is 0. The first-order valence-corrected chi connectivity index (χ1v) is 9.64. The Morgan fingerprint density at radius 2 is 0.639 bits per heavy atom. The van der Waals surface area contributed by atoms with Crippen LogP contribution in [0.15, 0.2) is 0 Å². The maximum Gasteiger partial charge on any atom is 0.455 e. The first-order chi connectivity index (χ1) is 15.8. The van der Waals surface area contributed by atoms with Crippen molar-refractivity contribution >= 4 is 8.77 Å². The molecule has 22 heteroatoms. The largest absolute Gasteiger partial charge is 0.455 e. The Balaban J connectivity index is 5.80. The third-order valence-electron chi connectivity index (χ3n) is 3.79. The second-order valence-electron chi connectivity index (χ2n) is 7.06. The Labute approximate surface area is 191 Å². The standard InChI is InChI=1S/C14H14F17O4P/c15-9(16,12(21,22)23)5-32-1-8(4-35-36(30)31,2-33-6-10(17,18)13(24,25)26)3-34-7-11(19,20)14(27,28)29/h1-7H2. The summed E-state index contributed by atoms with van der Waals surface area (Å²) in [5, 5.41) is 0. The monoisotopic (exact) mass is 600 g/mol. The van der Waals surface area contributed by atoms with E-state index in [-0.39, 0.29) is 0 Å². The highest BCUT2D eigenvalue weighted by Crippen LogP contribution is 2.43. The molecule has 0 spiro atoms. The molecule has 0 bridgehead atoms. The van der Waals surface area contributed by atoms with Gasteiger partial charge in [-0.3, -0.25) is 0 Å². The molecule has 0 heterocycles. The zero-order valence-electron chi connectivity index (χ0n) is 17.0. The quantitative estimate of drug-likeness (QED) is 0.153. The van der Waals surface area contributed by atoms with Crippen LogP contribution < -0.4 is 0 Å². The fourth-order valence-corrected chi connectivity index (χ4v) is 2.24. The summed E-state index contributed by atoms with van der Waals surface area (Å²) in [5.74, 6) is -16.9. The molecule has 0 radical (unpaired) electrons. The van der Waals surface area contributed by atoms with Crippen molar-refractivity contribution in [3.05, 3.63) is 0 Å². The second-order valence-corrected chi connectivity index (χ2v) is 7.72. The molecule has 0 aliphatic heterocycles. The molecule has 4 nitrogen and oxygen atoms in total. The van der Waals surface area contributed by atoms with E-state index in [9.17, 15) is 74.3 Å². The normalized spacial score (nSPS) is 15.2. The van der Waals surface area contributed by atoms with E-state index >= 15 is 0 Å². The van der Waals surface area contributed by atoms with Gasteiger partial charge >= 0.3 is 45.1 Å². The first kappa shape index (κ1) is 35.1. The lowest BCUT2D eigenvalue weighted by Gasteiger charge is -2.34. The lowest BCUT2D eigenvalue weighted by atomic mass is 9.92. The second kappa shape index (κ2) is 12.3. The van der Waals surface area contributed by atoms with Crippen LogP contribution in [-0.4, -0.2) is 82.5 Å². The summed E-state index contributed by atoms with van der Waals surface area (Å²) in [7, 11) is -4.48. The number of hydrogen-bond acceptors (Lipinski definition) is 4. The Morgan fingerprint density at radius 3 is 0.833 bits per heavy atom. The van der Waals surface area contributed by atoms with Gasteiger partial charge in [0.2, 0.25) is 0 Å². The molecular formula is C14H14F17O4P. The maximum atomic E-state index is 13.0. The highest BCUT2D eigenvalue weighted by atomic mass is 31.2. The molecule has 218 valence electrons. The first-order valence-electron chi connectivity index (χ1n) is 8.60. The van der Waals surface area contributed by atoms with Crippen molar-refractivity contribution in [2.75, 3.05) is 46.2 Å². The van der Waals surface area contributed by atoms with Gasteiger partial charge in [-0.05, 0) is 0 Å². The molecule has 0 amide bonds. The van der Waals surface area contributed by atoms with Crippen LogP contribution >= 0.6 is 8.77 Å². The van der Waals surface area contributed by atoms with Gasteiger partial charge in [0, 0.05) is 0 Å². The zero-order chi connectivity index (χ0) is 28.9. The predicted molar refractivity (Wildman–Crippen MR) is 83.0 cm³/mol. The van der Waals surface area contributed by atoms with Crippen molar-refractivity contribution in [1.82, 2.24) is 0 Å². The summed E-state index contributed by atoms with van der Waals surface area (Å²) >= 11 is 0. The van der Waals surface area contributed by atoms with Gasteiger partial charge in [-0.1, -0.05) is 0 Å². The topological polar surface area (TPSA) is 36.9 Å². The smallest absolute Gasteiger partial charge is 0.374 e. The lowest BCUT2D eigenvalue weighted by Crippen LogP contribution is -2.48. The number of alkyl halides is 15. The molecule has 0 unspecified atom stereocenters. The molecular weight excluding hydrogens is 586 g/mol. The molecule has 0 N–H and O–H groups in total. The van der Waals surface area contributed by atoms with Gasteiger partial charge in [0.25, 0.3) is 0 Å². The minimum atomic E-state index is -6.26. The van der Waals surface area contributed by atoms with E-state index < -0.39 is 96.7 Å². The third kappa shape index (κ3) is 10.8. The van der Waals surface area contributed by atoms with E-state index in [1.807, 2.05) is 0 Å². The molecule has 0 rings (SSSR count). The van der Waals surface area contributed by atoms with Crippen molar-refractivity contribution in [1.29, 1.82) is 0 Å². The van der Waals surface area contributed by atoms with Crippen LogP contribution in [0.25, 0.3) is 0 Å². The van der Waals surface area contributed by atoms with Gasteiger partial charge in [0.05, 0.1) is 31.8 Å². The van der Waals surface area contributed by atoms with Crippen LogP contribution in [0.1, 0.15) is 0 Å². The number of halogens is 17. The van der Waals surface area contributed by atoms with Crippen LogP contribution in [0, 0.1) is 5.41 Å². The molecule has 0 aromatic rings. The molecule has 0 aliphatic rings. The van der Waals surface area contributed by atoms with Gasteiger partial charge in [0.15, 0.2) is 0 Å². The minimum absolute atomic E-state index is 1.75. The summed E-state index contributed by atoms with van der Waals surface area (Å²) in [5.41, 5.74) is -2.94. The van der Waals surface area contributed by atoms with Gasteiger partial charge < -0.3 is 18.7 Å². The van der Waals surface area contributed by atoms with Gasteiger partial charge in [0.1, 0.15) is 19.8 Å². The highest BCUT2D eigenvalue weighted by Gasteiger charge is 2.60. The van der Waals surface area contributed by atoms with Crippen LogP contribution in [0.3, 0.4) is 0 Å². The number of ether oxygens (including phenoxy) is 3. The average Bonchev–Trinajstić information content (AvgIpc) is 2.63. The van der Waals surface area contributed by atoms with Gasteiger partial charge in [-0.2, -0.15) is 74.3 Å². The molecule has 0 aromatic carbocycles. The molecule has 36 heavy (non-hydrogen) atoms. The van der Waals surface area contributed by atoms with E-state index in [1.54, 1.807) is 0 Å². The van der Waals surface area contributed by atoms with Crippen molar-refractivity contribution in [3.8, 4) is 0 Å². The minimum Gasteiger partial charge on any atom is -0.374 e. The fourth-order valence-electron chi connectivity index (χ4n) is 1.87. The Kier molecular flexibility index (Phi) is 12.0. The van der Waals surface area contributed by atoms with Crippen LogP contribution in [0.2, 0.25) is 0 Å².